The molecule has 2 rings (SSSR count). The van der Waals surface area contributed by atoms with Crippen LogP contribution in [0.3, 0.4) is 0 Å². The Kier molecular flexibility index (Phi) is 8.76. The number of carbonyl (C=O) groups excluding carboxylic acids is 2. The lowest BCUT2D eigenvalue weighted by atomic mass is 9.93. The molecule has 0 radical (unpaired) electrons. The lowest BCUT2D eigenvalue weighted by Gasteiger charge is -2.35. The number of azide groups is 1. The topological polar surface area (TPSA) is 128 Å². The highest BCUT2D eigenvalue weighted by Crippen LogP contribution is 2.36. The monoisotopic (exact) mass is 427 g/mol. The van der Waals surface area contributed by atoms with E-state index in [1.54, 1.807) is 11.8 Å². The van der Waals surface area contributed by atoms with Crippen molar-refractivity contribution in [3.63, 3.8) is 0 Å². The number of hydrogen-bond donors (Lipinski definition) is 0. The lowest BCUT2D eigenvalue weighted by molar-refractivity contribution is -0.139. The van der Waals surface area contributed by atoms with Crippen molar-refractivity contribution in [2.75, 3.05) is 31.3 Å². The summed E-state index contributed by atoms with van der Waals surface area (Å²) in [5.41, 5.74) is 10.6. The smallest absolute Gasteiger partial charge is 0.336 e. The first-order valence-corrected chi connectivity index (χ1v) is 9.51. The van der Waals surface area contributed by atoms with Gasteiger partial charge in [0.25, 0.3) is 0 Å². The van der Waals surface area contributed by atoms with Crippen LogP contribution in [0.2, 0.25) is 0 Å². The first kappa shape index (κ1) is 23.6. The molecular weight excluding hydrogens is 405 g/mol. The van der Waals surface area contributed by atoms with Gasteiger partial charge in [-0.05, 0) is 43.6 Å². The summed E-state index contributed by atoms with van der Waals surface area (Å²) in [4.78, 5) is 29.4. The maximum Gasteiger partial charge on any atom is 0.336 e. The number of carbonyl (C=O) groups is 2. The molecule has 1 heterocycles. The number of ether oxygens (including phenoxy) is 2. The molecule has 0 bridgehead atoms. The van der Waals surface area contributed by atoms with Gasteiger partial charge in [0.05, 0.1) is 37.0 Å². The molecule has 0 spiro atoms. The van der Waals surface area contributed by atoms with Crippen molar-refractivity contribution in [1.82, 2.24) is 0 Å². The van der Waals surface area contributed by atoms with Gasteiger partial charge in [-0.25, -0.2) is 9.18 Å². The summed E-state index contributed by atoms with van der Waals surface area (Å²) in [6, 6.07) is 7.50. The first-order valence-electron chi connectivity index (χ1n) is 9.51. The molecule has 1 aromatic rings. The second-order valence-corrected chi connectivity index (χ2v) is 6.59. The third kappa shape index (κ3) is 6.15. The van der Waals surface area contributed by atoms with Gasteiger partial charge < -0.3 is 14.4 Å². The molecule has 9 nitrogen and oxygen atoms in total. The number of benzene rings is 1. The minimum Gasteiger partial charge on any atom is -0.461 e. The van der Waals surface area contributed by atoms with Gasteiger partial charge in [-0.1, -0.05) is 5.11 Å². The number of anilines is 1. The molecule has 1 aliphatic heterocycles. The zero-order valence-electron chi connectivity index (χ0n) is 17.3. The van der Waals surface area contributed by atoms with Crippen molar-refractivity contribution in [3.8, 4) is 6.07 Å². The SMILES string of the molecule is CC(=O)C1=C(C)N(c2ccc(F)cc2)C(COCCN=[N+]=[N-])=C(C(=O)OCCC#N)C1. The number of rotatable bonds is 10. The standard InChI is InChI=1S/C21H22FN5O4/c1-14-18(15(2)28)12-19(21(29)31-10-3-8-23)20(13-30-11-9-25-26-24)27(14)17-6-4-16(22)5-7-17/h4-7H,3,9-13H2,1-2H3. The van der Waals surface area contributed by atoms with Gasteiger partial charge in [0.2, 0.25) is 0 Å². The van der Waals surface area contributed by atoms with Crippen LogP contribution in [0.4, 0.5) is 10.1 Å². The normalized spacial score (nSPS) is 13.5. The Labute approximate surface area is 179 Å². The van der Waals surface area contributed by atoms with Gasteiger partial charge in [-0.15, -0.1) is 0 Å². The fourth-order valence-corrected chi connectivity index (χ4v) is 3.14. The summed E-state index contributed by atoms with van der Waals surface area (Å²) in [7, 11) is 0. The van der Waals surface area contributed by atoms with E-state index in [1.165, 1.54) is 31.2 Å². The van der Waals surface area contributed by atoms with Crippen LogP contribution in [-0.2, 0) is 19.1 Å². The van der Waals surface area contributed by atoms with Gasteiger partial charge >= 0.3 is 5.97 Å². The second kappa shape index (κ2) is 11.5. The Balaban J connectivity index is 2.50. The number of allylic oxidation sites excluding steroid dienone is 2. The lowest BCUT2D eigenvalue weighted by Crippen LogP contribution is -2.33. The van der Waals surface area contributed by atoms with Crippen molar-refractivity contribution in [3.05, 3.63) is 63.1 Å². The molecule has 0 aliphatic carbocycles. The molecular formula is C21H22FN5O4. The van der Waals surface area contributed by atoms with E-state index in [0.717, 1.165) is 0 Å². The maximum atomic E-state index is 13.5. The minimum absolute atomic E-state index is 0.0348. The number of Topliss-reactive ketones (excluding diaryl/α,β-unsaturated/α-hetero) is 1. The summed E-state index contributed by atoms with van der Waals surface area (Å²) >= 11 is 0. The molecule has 0 atom stereocenters. The zero-order chi connectivity index (χ0) is 22.8. The van der Waals surface area contributed by atoms with E-state index in [-0.39, 0.29) is 50.6 Å². The molecule has 10 heteroatoms. The fraction of sp³-hybridized carbons (Fsp3) is 0.381. The number of esters is 1. The molecule has 0 saturated heterocycles. The summed E-state index contributed by atoms with van der Waals surface area (Å²) in [6.07, 6.45) is 0.0758. The highest BCUT2D eigenvalue weighted by Gasteiger charge is 2.32. The highest BCUT2D eigenvalue weighted by molar-refractivity contribution is 6.00. The minimum atomic E-state index is -0.665. The molecule has 0 fully saturated rings. The number of hydrogen-bond acceptors (Lipinski definition) is 7. The molecule has 0 unspecified atom stereocenters. The van der Waals surface area contributed by atoms with Crippen LogP contribution < -0.4 is 4.90 Å². The van der Waals surface area contributed by atoms with Crippen LogP contribution in [0.25, 0.3) is 10.4 Å². The Morgan fingerprint density at radius 1 is 1.29 bits per heavy atom. The van der Waals surface area contributed by atoms with Gasteiger partial charge in [0.15, 0.2) is 5.78 Å². The van der Waals surface area contributed by atoms with E-state index >= 15 is 0 Å². The van der Waals surface area contributed by atoms with E-state index in [1.807, 2.05) is 6.07 Å². The van der Waals surface area contributed by atoms with Crippen molar-refractivity contribution < 1.29 is 23.5 Å². The molecule has 31 heavy (non-hydrogen) atoms. The molecule has 1 aliphatic rings. The summed E-state index contributed by atoms with van der Waals surface area (Å²) in [5.74, 6) is -1.31. The van der Waals surface area contributed by atoms with Crippen molar-refractivity contribution in [2.45, 2.75) is 26.7 Å². The van der Waals surface area contributed by atoms with Gasteiger partial charge in [-0.3, -0.25) is 4.79 Å². The third-order valence-electron chi connectivity index (χ3n) is 4.58. The van der Waals surface area contributed by atoms with Crippen molar-refractivity contribution in [1.29, 1.82) is 5.26 Å². The van der Waals surface area contributed by atoms with E-state index in [9.17, 15) is 14.0 Å². The van der Waals surface area contributed by atoms with E-state index in [2.05, 4.69) is 10.0 Å². The van der Waals surface area contributed by atoms with Crippen LogP contribution in [0, 0.1) is 17.1 Å². The van der Waals surface area contributed by atoms with E-state index < -0.39 is 11.8 Å². The Morgan fingerprint density at radius 2 is 2.00 bits per heavy atom. The van der Waals surface area contributed by atoms with Crippen molar-refractivity contribution in [2.24, 2.45) is 5.11 Å². The molecule has 0 N–H and O–H groups in total. The summed E-state index contributed by atoms with van der Waals surface area (Å²) < 4.78 is 24.3. The van der Waals surface area contributed by atoms with Gasteiger partial charge in [-0.2, -0.15) is 5.26 Å². The van der Waals surface area contributed by atoms with Crippen LogP contribution in [0.5, 0.6) is 0 Å². The van der Waals surface area contributed by atoms with E-state index in [4.69, 9.17) is 20.3 Å². The van der Waals surface area contributed by atoms with Crippen LogP contribution in [-0.4, -0.2) is 38.1 Å². The predicted molar refractivity (Wildman–Crippen MR) is 110 cm³/mol. The van der Waals surface area contributed by atoms with Crippen LogP contribution in [0.15, 0.2) is 51.9 Å². The molecule has 0 saturated carbocycles. The second-order valence-electron chi connectivity index (χ2n) is 6.59. The Bertz CT molecular complexity index is 988. The number of nitriles is 1. The quantitative estimate of drug-likeness (QED) is 0.183. The highest BCUT2D eigenvalue weighted by atomic mass is 19.1. The first-order chi connectivity index (χ1) is 14.9. The largest absolute Gasteiger partial charge is 0.461 e. The van der Waals surface area contributed by atoms with Crippen molar-refractivity contribution >= 4 is 17.4 Å². The van der Waals surface area contributed by atoms with E-state index in [0.29, 0.717) is 22.7 Å². The molecule has 1 aromatic carbocycles. The molecule has 162 valence electrons. The average molecular weight is 427 g/mol. The Morgan fingerprint density at radius 3 is 2.61 bits per heavy atom. The third-order valence-corrected chi connectivity index (χ3v) is 4.58. The zero-order valence-corrected chi connectivity index (χ0v) is 17.3. The predicted octanol–water partition coefficient (Wildman–Crippen LogP) is 3.94. The Hall–Kier alpha value is -3.67. The van der Waals surface area contributed by atoms with Crippen LogP contribution >= 0.6 is 0 Å². The number of nitrogens with zero attached hydrogens (tertiary/aromatic N) is 5. The number of halogens is 1. The summed E-state index contributed by atoms with van der Waals surface area (Å²) in [5, 5.41) is 12.1. The van der Waals surface area contributed by atoms with Gasteiger partial charge in [0.1, 0.15) is 12.4 Å². The maximum absolute atomic E-state index is 13.5. The number of ketones is 1. The van der Waals surface area contributed by atoms with Gasteiger partial charge in [0, 0.05) is 34.8 Å². The molecule has 0 amide bonds. The summed E-state index contributed by atoms with van der Waals surface area (Å²) in [6.45, 7) is 3.24. The van der Waals surface area contributed by atoms with Crippen LogP contribution in [0.1, 0.15) is 26.7 Å². The fourth-order valence-electron chi connectivity index (χ4n) is 3.14. The average Bonchev–Trinajstić information content (AvgIpc) is 2.74. The molecule has 0 aromatic heterocycles.